The van der Waals surface area contributed by atoms with E-state index in [0.717, 1.165) is 0 Å². The van der Waals surface area contributed by atoms with Crippen LogP contribution in [0.2, 0.25) is 0 Å². The van der Waals surface area contributed by atoms with Gasteiger partial charge in [-0.15, -0.1) is 0 Å². The van der Waals surface area contributed by atoms with Gasteiger partial charge in [0.25, 0.3) is 0 Å². The fraction of sp³-hybridized carbons (Fsp3) is 0.250. The van der Waals surface area contributed by atoms with Crippen molar-refractivity contribution in [2.45, 2.75) is 6.92 Å². The highest BCUT2D eigenvalue weighted by Crippen LogP contribution is 2.18. The Labute approximate surface area is 69.8 Å². The number of nitrogens with zero attached hydrogens (tertiary/aromatic N) is 1. The van der Waals surface area contributed by atoms with Gasteiger partial charge in [-0.25, -0.2) is 4.98 Å². The zero-order chi connectivity index (χ0) is 9.14. The Balaban J connectivity index is 3.17. The van der Waals surface area contributed by atoms with Crippen LogP contribution < -0.4 is 4.74 Å². The van der Waals surface area contributed by atoms with Crippen LogP contribution in [0.4, 0.5) is 0 Å². The summed E-state index contributed by atoms with van der Waals surface area (Å²) in [6, 6.07) is 2.87. The summed E-state index contributed by atoms with van der Waals surface area (Å²) >= 11 is 0. The average Bonchev–Trinajstić information content (AvgIpc) is 2.05. The molecular formula is C8H9NO3. The van der Waals surface area contributed by atoms with Crippen molar-refractivity contribution in [2.24, 2.45) is 0 Å². The van der Waals surface area contributed by atoms with Gasteiger partial charge in [-0.1, -0.05) is 0 Å². The third-order valence-corrected chi connectivity index (χ3v) is 1.39. The van der Waals surface area contributed by atoms with Crippen LogP contribution >= 0.6 is 0 Å². The second kappa shape index (κ2) is 3.21. The summed E-state index contributed by atoms with van der Waals surface area (Å²) in [5.74, 6) is -0.0901. The molecule has 0 unspecified atom stereocenters. The van der Waals surface area contributed by atoms with E-state index in [1.165, 1.54) is 26.2 Å². The predicted molar refractivity (Wildman–Crippen MR) is 42.5 cm³/mol. The number of aromatic hydroxyl groups is 1. The van der Waals surface area contributed by atoms with Gasteiger partial charge in [-0.05, 0) is 6.07 Å². The lowest BCUT2D eigenvalue weighted by atomic mass is 10.2. The maximum absolute atomic E-state index is 10.9. The first-order valence-corrected chi connectivity index (χ1v) is 3.40. The average molecular weight is 167 g/mol. The predicted octanol–water partition coefficient (Wildman–Crippen LogP) is 0.998. The first-order chi connectivity index (χ1) is 5.65. The Morgan fingerprint density at radius 2 is 2.25 bits per heavy atom. The molecule has 1 rings (SSSR count). The summed E-state index contributed by atoms with van der Waals surface area (Å²) in [6.07, 6.45) is 0. The van der Waals surface area contributed by atoms with Gasteiger partial charge in [0, 0.05) is 13.0 Å². The molecule has 4 nitrogen and oxygen atoms in total. The Hall–Kier alpha value is -1.58. The molecule has 1 N–H and O–H groups in total. The van der Waals surface area contributed by atoms with E-state index in [2.05, 4.69) is 4.98 Å². The molecule has 1 aromatic heterocycles. The largest absolute Gasteiger partial charge is 0.506 e. The lowest BCUT2D eigenvalue weighted by molar-refractivity contribution is 0.100. The molecule has 0 spiro atoms. The molecule has 0 aliphatic carbocycles. The highest BCUT2D eigenvalue weighted by atomic mass is 16.5. The van der Waals surface area contributed by atoms with E-state index in [4.69, 9.17) is 9.84 Å². The molecule has 0 amide bonds. The van der Waals surface area contributed by atoms with Gasteiger partial charge in [-0.2, -0.15) is 0 Å². The van der Waals surface area contributed by atoms with Crippen molar-refractivity contribution in [1.82, 2.24) is 4.98 Å². The molecule has 4 heteroatoms. The summed E-state index contributed by atoms with van der Waals surface area (Å²) in [5.41, 5.74) is 0.0364. The smallest absolute Gasteiger partial charge is 0.213 e. The third-order valence-electron chi connectivity index (χ3n) is 1.39. The van der Waals surface area contributed by atoms with Crippen molar-refractivity contribution < 1.29 is 14.6 Å². The molecule has 0 atom stereocenters. The van der Waals surface area contributed by atoms with Gasteiger partial charge in [-0.3, -0.25) is 4.79 Å². The van der Waals surface area contributed by atoms with Crippen molar-refractivity contribution >= 4 is 5.78 Å². The summed E-state index contributed by atoms with van der Waals surface area (Å²) in [5, 5.41) is 9.16. The lowest BCUT2D eigenvalue weighted by Crippen LogP contribution is -1.98. The zero-order valence-electron chi connectivity index (χ0n) is 6.87. The van der Waals surface area contributed by atoms with Crippen molar-refractivity contribution in [3.63, 3.8) is 0 Å². The van der Waals surface area contributed by atoms with E-state index in [9.17, 15) is 4.79 Å². The van der Waals surface area contributed by atoms with Gasteiger partial charge >= 0.3 is 0 Å². The highest BCUT2D eigenvalue weighted by molar-refractivity contribution is 5.94. The van der Waals surface area contributed by atoms with E-state index in [-0.39, 0.29) is 17.2 Å². The molecule has 0 aliphatic heterocycles. The van der Waals surface area contributed by atoms with Crippen LogP contribution in [0.5, 0.6) is 11.6 Å². The van der Waals surface area contributed by atoms with E-state index in [1.807, 2.05) is 0 Å². The Morgan fingerprint density at radius 1 is 1.58 bits per heavy atom. The van der Waals surface area contributed by atoms with Crippen LogP contribution in [-0.2, 0) is 0 Å². The van der Waals surface area contributed by atoms with Crippen molar-refractivity contribution in [3.8, 4) is 11.6 Å². The fourth-order valence-electron chi connectivity index (χ4n) is 0.807. The number of aromatic nitrogens is 1. The normalized spacial score (nSPS) is 9.50. The van der Waals surface area contributed by atoms with Crippen molar-refractivity contribution in [2.75, 3.05) is 7.11 Å². The first-order valence-electron chi connectivity index (χ1n) is 3.40. The summed E-state index contributed by atoms with van der Waals surface area (Å²) in [4.78, 5) is 14.6. The number of methoxy groups -OCH3 is 1. The Kier molecular flexibility index (Phi) is 2.28. The van der Waals surface area contributed by atoms with Crippen LogP contribution in [0, 0.1) is 0 Å². The van der Waals surface area contributed by atoms with E-state index in [1.54, 1.807) is 0 Å². The lowest BCUT2D eigenvalue weighted by Gasteiger charge is -2.01. The van der Waals surface area contributed by atoms with Gasteiger partial charge < -0.3 is 9.84 Å². The molecule has 0 fully saturated rings. The molecule has 64 valence electrons. The maximum atomic E-state index is 10.9. The van der Waals surface area contributed by atoms with Gasteiger partial charge in [0.15, 0.2) is 11.5 Å². The number of ketones is 1. The van der Waals surface area contributed by atoms with E-state index in [0.29, 0.717) is 5.88 Å². The molecule has 0 aliphatic rings. The molecule has 1 aromatic rings. The summed E-state index contributed by atoms with van der Waals surface area (Å²) in [6.45, 7) is 1.33. The Bertz CT molecular complexity index is 309. The molecular weight excluding hydrogens is 158 g/mol. The molecule has 1 heterocycles. The third kappa shape index (κ3) is 1.53. The molecule has 0 saturated carbocycles. The maximum Gasteiger partial charge on any atom is 0.213 e. The molecule has 0 bridgehead atoms. The quantitative estimate of drug-likeness (QED) is 0.667. The summed E-state index contributed by atoms with van der Waals surface area (Å²) in [7, 11) is 1.45. The number of carbonyl (C=O) groups is 1. The minimum absolute atomic E-state index is 0.0364. The van der Waals surface area contributed by atoms with Crippen LogP contribution in [0.3, 0.4) is 0 Å². The van der Waals surface area contributed by atoms with E-state index < -0.39 is 0 Å². The van der Waals surface area contributed by atoms with Crippen LogP contribution in [0.1, 0.15) is 17.4 Å². The number of rotatable bonds is 2. The zero-order valence-corrected chi connectivity index (χ0v) is 6.87. The van der Waals surface area contributed by atoms with Crippen LogP contribution in [-0.4, -0.2) is 23.0 Å². The van der Waals surface area contributed by atoms with Crippen LogP contribution in [0.25, 0.3) is 0 Å². The topological polar surface area (TPSA) is 59.4 Å². The monoisotopic (exact) mass is 167 g/mol. The Morgan fingerprint density at radius 3 is 2.75 bits per heavy atom. The molecule has 12 heavy (non-hydrogen) atoms. The molecule has 0 saturated heterocycles. The number of pyridine rings is 1. The standard InChI is InChI=1S/C8H9NO3/c1-5(10)8-6(11)3-4-7(9-8)12-2/h3-4,11H,1-2H3. The van der Waals surface area contributed by atoms with Gasteiger partial charge in [0.05, 0.1) is 7.11 Å². The SMILES string of the molecule is COc1ccc(O)c(C(C)=O)n1. The van der Waals surface area contributed by atoms with Crippen molar-refractivity contribution in [3.05, 3.63) is 17.8 Å². The minimum Gasteiger partial charge on any atom is -0.506 e. The van der Waals surface area contributed by atoms with E-state index >= 15 is 0 Å². The molecule has 0 aromatic carbocycles. The van der Waals surface area contributed by atoms with Gasteiger partial charge in [0.1, 0.15) is 5.75 Å². The number of Topliss-reactive ketones (excluding diaryl/α,β-unsaturated/α-hetero) is 1. The summed E-state index contributed by atoms with van der Waals surface area (Å²) < 4.78 is 4.79. The second-order valence-corrected chi connectivity index (χ2v) is 2.28. The fourth-order valence-corrected chi connectivity index (χ4v) is 0.807. The second-order valence-electron chi connectivity index (χ2n) is 2.28. The number of hydrogen-bond donors (Lipinski definition) is 1. The minimum atomic E-state index is -0.286. The van der Waals surface area contributed by atoms with Crippen LogP contribution in [0.15, 0.2) is 12.1 Å². The highest BCUT2D eigenvalue weighted by Gasteiger charge is 2.08. The molecule has 0 radical (unpaired) electrons. The van der Waals surface area contributed by atoms with Gasteiger partial charge in [0.2, 0.25) is 5.88 Å². The number of carbonyl (C=O) groups excluding carboxylic acids is 1. The number of hydrogen-bond acceptors (Lipinski definition) is 4. The number of ether oxygens (including phenoxy) is 1. The van der Waals surface area contributed by atoms with Crippen molar-refractivity contribution in [1.29, 1.82) is 0 Å². The first kappa shape index (κ1) is 8.52.